The van der Waals surface area contributed by atoms with Crippen LogP contribution in [-0.2, 0) is 6.42 Å². The molecule has 1 aliphatic carbocycles. The Bertz CT molecular complexity index is 849. The van der Waals surface area contributed by atoms with Crippen LogP contribution in [0.25, 0.3) is 16.9 Å². The van der Waals surface area contributed by atoms with Gasteiger partial charge in [-0.1, -0.05) is 11.6 Å². The Morgan fingerprint density at radius 2 is 1.95 bits per heavy atom. The molecular formula is C17H15N3O. The Morgan fingerprint density at radius 1 is 1.14 bits per heavy atom. The maximum atomic E-state index is 12.4. The number of aryl methyl sites for hydroxylation is 1. The molecule has 2 aromatic heterocycles. The van der Waals surface area contributed by atoms with Gasteiger partial charge in [0.2, 0.25) is 5.95 Å². The van der Waals surface area contributed by atoms with Gasteiger partial charge in [0.15, 0.2) is 5.78 Å². The predicted molar refractivity (Wildman–Crippen MR) is 80.9 cm³/mol. The lowest BCUT2D eigenvalue weighted by molar-refractivity contribution is 0.0973. The first-order chi connectivity index (χ1) is 10.3. The molecule has 0 saturated heterocycles. The second-order valence-electron chi connectivity index (χ2n) is 5.50. The minimum Gasteiger partial charge on any atom is -0.294 e. The van der Waals surface area contributed by atoms with E-state index in [4.69, 9.17) is 0 Å². The second-order valence-corrected chi connectivity index (χ2v) is 5.50. The first-order valence-electron chi connectivity index (χ1n) is 7.20. The molecule has 4 rings (SSSR count). The summed E-state index contributed by atoms with van der Waals surface area (Å²) in [6.45, 7) is 2.05. The number of carbonyl (C=O) groups is 1. The summed E-state index contributed by atoms with van der Waals surface area (Å²) in [5.74, 6) is 0.879. The van der Waals surface area contributed by atoms with Crippen molar-refractivity contribution < 1.29 is 4.79 Å². The molecule has 1 aromatic carbocycles. The number of ketones is 1. The first kappa shape index (κ1) is 12.3. The van der Waals surface area contributed by atoms with E-state index in [9.17, 15) is 4.79 Å². The van der Waals surface area contributed by atoms with Gasteiger partial charge in [-0.15, -0.1) is 0 Å². The van der Waals surface area contributed by atoms with Gasteiger partial charge in [-0.05, 0) is 38.0 Å². The van der Waals surface area contributed by atoms with Gasteiger partial charge in [-0.25, -0.2) is 9.97 Å². The van der Waals surface area contributed by atoms with Crippen molar-refractivity contribution in [3.05, 3.63) is 53.5 Å². The molecule has 1 aliphatic rings. The third-order valence-electron chi connectivity index (χ3n) is 4.07. The quantitative estimate of drug-likeness (QED) is 0.686. The largest absolute Gasteiger partial charge is 0.294 e. The molecule has 2 heterocycles. The third kappa shape index (κ3) is 1.79. The minimum atomic E-state index is 0.238. The van der Waals surface area contributed by atoms with Gasteiger partial charge in [0, 0.05) is 35.5 Å². The van der Waals surface area contributed by atoms with E-state index in [0.717, 1.165) is 40.6 Å². The number of rotatable bonds is 1. The number of Topliss-reactive ketones (excluding diaryl/α,β-unsaturated/α-hetero) is 1. The lowest BCUT2D eigenvalue weighted by Crippen LogP contribution is -2.13. The normalized spacial score (nSPS) is 14.4. The zero-order chi connectivity index (χ0) is 14.4. The third-order valence-corrected chi connectivity index (χ3v) is 4.07. The van der Waals surface area contributed by atoms with Crippen LogP contribution in [0.5, 0.6) is 0 Å². The summed E-state index contributed by atoms with van der Waals surface area (Å²) in [6, 6.07) is 8.03. The van der Waals surface area contributed by atoms with Crippen molar-refractivity contribution in [3.63, 3.8) is 0 Å². The topological polar surface area (TPSA) is 47.8 Å². The smallest absolute Gasteiger partial charge is 0.234 e. The fourth-order valence-corrected chi connectivity index (χ4v) is 3.18. The van der Waals surface area contributed by atoms with Crippen molar-refractivity contribution >= 4 is 16.7 Å². The zero-order valence-electron chi connectivity index (χ0n) is 11.8. The molecule has 0 aliphatic heterocycles. The molecule has 0 unspecified atom stereocenters. The van der Waals surface area contributed by atoms with Crippen LogP contribution in [0, 0.1) is 6.92 Å². The summed E-state index contributed by atoms with van der Waals surface area (Å²) in [7, 11) is 0. The van der Waals surface area contributed by atoms with Gasteiger partial charge >= 0.3 is 0 Å². The molecule has 4 heteroatoms. The number of fused-ring (bicyclic) bond motifs is 3. The highest BCUT2D eigenvalue weighted by Crippen LogP contribution is 2.34. The molecule has 21 heavy (non-hydrogen) atoms. The van der Waals surface area contributed by atoms with Gasteiger partial charge in [0.25, 0.3) is 0 Å². The van der Waals surface area contributed by atoms with E-state index in [1.807, 2.05) is 4.57 Å². The lowest BCUT2D eigenvalue weighted by atomic mass is 9.94. The Balaban J connectivity index is 2.13. The zero-order valence-corrected chi connectivity index (χ0v) is 11.8. The molecule has 0 fully saturated rings. The maximum absolute atomic E-state index is 12.4. The van der Waals surface area contributed by atoms with E-state index >= 15 is 0 Å². The van der Waals surface area contributed by atoms with E-state index in [-0.39, 0.29) is 5.78 Å². The van der Waals surface area contributed by atoms with Crippen LogP contribution in [0.15, 0.2) is 36.7 Å². The summed E-state index contributed by atoms with van der Waals surface area (Å²) in [6.07, 6.45) is 5.90. The van der Waals surface area contributed by atoms with Gasteiger partial charge in [0.05, 0.1) is 5.52 Å². The highest BCUT2D eigenvalue weighted by atomic mass is 16.1. The Kier molecular flexibility index (Phi) is 2.64. The van der Waals surface area contributed by atoms with Crippen LogP contribution in [0.4, 0.5) is 0 Å². The monoisotopic (exact) mass is 277 g/mol. The van der Waals surface area contributed by atoms with E-state index in [1.54, 1.807) is 18.5 Å². The van der Waals surface area contributed by atoms with Crippen LogP contribution >= 0.6 is 0 Å². The Labute approximate surface area is 122 Å². The lowest BCUT2D eigenvalue weighted by Gasteiger charge is -2.13. The highest BCUT2D eigenvalue weighted by molar-refractivity contribution is 6.10. The number of aromatic nitrogens is 3. The molecule has 3 aromatic rings. The molecule has 104 valence electrons. The first-order valence-corrected chi connectivity index (χ1v) is 7.20. The second kappa shape index (κ2) is 4.52. The molecule has 0 bridgehead atoms. The molecular weight excluding hydrogens is 262 g/mol. The van der Waals surface area contributed by atoms with Gasteiger partial charge in [-0.3, -0.25) is 9.36 Å². The number of hydrogen-bond acceptors (Lipinski definition) is 3. The molecule has 0 amide bonds. The van der Waals surface area contributed by atoms with E-state index in [1.165, 1.54) is 0 Å². The number of benzene rings is 1. The fourth-order valence-electron chi connectivity index (χ4n) is 3.18. The van der Waals surface area contributed by atoms with Gasteiger partial charge in [0.1, 0.15) is 0 Å². The molecule has 0 saturated carbocycles. The van der Waals surface area contributed by atoms with Gasteiger partial charge in [-0.2, -0.15) is 0 Å². The van der Waals surface area contributed by atoms with Crippen molar-refractivity contribution in [2.24, 2.45) is 0 Å². The van der Waals surface area contributed by atoms with Crippen molar-refractivity contribution in [2.75, 3.05) is 0 Å². The number of nitrogens with zero attached hydrogens (tertiary/aromatic N) is 3. The summed E-state index contributed by atoms with van der Waals surface area (Å²) in [5, 5.41) is 1.03. The molecule has 0 atom stereocenters. The van der Waals surface area contributed by atoms with E-state index in [0.29, 0.717) is 12.4 Å². The molecule has 0 N–H and O–H groups in total. The molecule has 0 spiro atoms. The number of carbonyl (C=O) groups excluding carboxylic acids is 1. The summed E-state index contributed by atoms with van der Waals surface area (Å²) in [4.78, 5) is 21.1. The molecule has 4 nitrogen and oxygen atoms in total. The molecule has 0 radical (unpaired) electrons. The standard InChI is InChI=1S/C17H15N3O/c1-11-6-7-13-12(10-11)16-14(4-2-5-15(16)21)20(13)17-18-8-3-9-19-17/h3,6-10H,2,4-5H2,1H3. The van der Waals surface area contributed by atoms with Crippen LogP contribution in [0.3, 0.4) is 0 Å². The minimum absolute atomic E-state index is 0.238. The van der Waals surface area contributed by atoms with Crippen LogP contribution in [0.2, 0.25) is 0 Å². The predicted octanol–water partition coefficient (Wildman–Crippen LogP) is 3.25. The summed E-state index contributed by atoms with van der Waals surface area (Å²) < 4.78 is 2.04. The van der Waals surface area contributed by atoms with E-state index < -0.39 is 0 Å². The summed E-state index contributed by atoms with van der Waals surface area (Å²) >= 11 is 0. The fraction of sp³-hybridized carbons (Fsp3) is 0.235. The maximum Gasteiger partial charge on any atom is 0.234 e. The number of hydrogen-bond donors (Lipinski definition) is 0. The van der Waals surface area contributed by atoms with Crippen LogP contribution in [0.1, 0.15) is 34.5 Å². The van der Waals surface area contributed by atoms with Crippen molar-refractivity contribution in [1.82, 2.24) is 14.5 Å². The van der Waals surface area contributed by atoms with Crippen LogP contribution < -0.4 is 0 Å². The Hall–Kier alpha value is -2.49. The average molecular weight is 277 g/mol. The van der Waals surface area contributed by atoms with E-state index in [2.05, 4.69) is 35.1 Å². The van der Waals surface area contributed by atoms with Crippen molar-refractivity contribution in [3.8, 4) is 5.95 Å². The van der Waals surface area contributed by atoms with Gasteiger partial charge < -0.3 is 0 Å². The SMILES string of the molecule is Cc1ccc2c(c1)c1c(n2-c2ncccn2)CCCC1=O. The van der Waals surface area contributed by atoms with Crippen LogP contribution in [-0.4, -0.2) is 20.3 Å². The Morgan fingerprint density at radius 3 is 2.76 bits per heavy atom. The van der Waals surface area contributed by atoms with Crippen molar-refractivity contribution in [2.45, 2.75) is 26.2 Å². The highest BCUT2D eigenvalue weighted by Gasteiger charge is 2.27. The average Bonchev–Trinajstić information content (AvgIpc) is 2.83. The van der Waals surface area contributed by atoms with Crippen molar-refractivity contribution in [1.29, 1.82) is 0 Å². The summed E-state index contributed by atoms with van der Waals surface area (Å²) in [5.41, 5.74) is 4.10.